The maximum absolute atomic E-state index is 16.1. The highest BCUT2D eigenvalue weighted by atomic mass is 19.1. The number of hydrogen-bond acceptors (Lipinski definition) is 7. The molecule has 2 amide bonds. The number of rotatable bonds is 9. The first-order valence-corrected chi connectivity index (χ1v) is 18.9. The Balaban J connectivity index is 1.09. The van der Waals surface area contributed by atoms with Gasteiger partial charge < -0.3 is 24.0 Å². The van der Waals surface area contributed by atoms with Crippen LogP contribution in [-0.4, -0.2) is 68.3 Å². The summed E-state index contributed by atoms with van der Waals surface area (Å²) in [6.07, 6.45) is 2.72. The fraction of sp³-hybridized carbons (Fsp3) is 0.364. The van der Waals surface area contributed by atoms with Crippen LogP contribution in [-0.2, 0) is 29.8 Å². The van der Waals surface area contributed by atoms with Crippen molar-refractivity contribution in [1.29, 1.82) is 0 Å². The number of amides is 2. The molecule has 2 atom stereocenters. The summed E-state index contributed by atoms with van der Waals surface area (Å²) in [5.74, 6) is 0.267. The third-order valence-corrected chi connectivity index (χ3v) is 10.2. The summed E-state index contributed by atoms with van der Waals surface area (Å²) < 4.78 is 35.8. The molecule has 0 bridgehead atoms. The van der Waals surface area contributed by atoms with Crippen LogP contribution in [0.2, 0.25) is 0 Å². The monoisotopic (exact) mass is 745 g/mol. The summed E-state index contributed by atoms with van der Waals surface area (Å²) >= 11 is 0. The Labute approximate surface area is 321 Å². The van der Waals surface area contributed by atoms with Crippen LogP contribution >= 0.6 is 0 Å². The van der Waals surface area contributed by atoms with E-state index in [2.05, 4.69) is 0 Å². The molecule has 0 radical (unpaired) electrons. The van der Waals surface area contributed by atoms with Gasteiger partial charge >= 0.3 is 6.09 Å². The number of hydrogen-bond donors (Lipinski definition) is 0. The first-order valence-electron chi connectivity index (χ1n) is 18.9. The Hall–Kier alpha value is -5.71. The molecule has 11 heteroatoms. The summed E-state index contributed by atoms with van der Waals surface area (Å²) in [5, 5.41) is 5.47. The summed E-state index contributed by atoms with van der Waals surface area (Å²) in [7, 11) is 1.84. The fourth-order valence-corrected chi connectivity index (χ4v) is 7.33. The molecule has 7 rings (SSSR count). The van der Waals surface area contributed by atoms with Gasteiger partial charge in [-0.25, -0.2) is 9.18 Å². The van der Waals surface area contributed by atoms with Gasteiger partial charge in [0.1, 0.15) is 30.3 Å². The molecule has 3 aromatic carbocycles. The predicted molar refractivity (Wildman–Crippen MR) is 210 cm³/mol. The molecule has 2 aliphatic rings. The molecular weight excluding hydrogens is 698 g/mol. The number of benzene rings is 3. The van der Waals surface area contributed by atoms with Crippen molar-refractivity contribution in [2.24, 2.45) is 18.9 Å². The lowest BCUT2D eigenvalue weighted by molar-refractivity contribution is -0.138. The fourth-order valence-electron chi connectivity index (χ4n) is 7.33. The quantitative estimate of drug-likeness (QED) is 0.149. The molecule has 55 heavy (non-hydrogen) atoms. The number of nitrogens with zero attached hydrogens (tertiary/aromatic N) is 5. The number of ether oxygens (including phenoxy) is 3. The van der Waals surface area contributed by atoms with Gasteiger partial charge in [-0.3, -0.25) is 9.48 Å². The van der Waals surface area contributed by atoms with Crippen LogP contribution in [0.1, 0.15) is 57.2 Å². The van der Waals surface area contributed by atoms with Crippen LogP contribution in [0.25, 0.3) is 27.7 Å². The third kappa shape index (κ3) is 8.66. The molecule has 0 N–H and O–H groups in total. The topological polar surface area (TPSA) is 99.0 Å². The van der Waals surface area contributed by atoms with Crippen LogP contribution in [0, 0.1) is 17.7 Å². The number of likely N-dealkylation sites (tertiary alicyclic amines) is 1. The van der Waals surface area contributed by atoms with Gasteiger partial charge in [-0.2, -0.15) is 10.1 Å². The number of pyridine rings is 1. The minimum atomic E-state index is -0.572. The first kappa shape index (κ1) is 37.6. The van der Waals surface area contributed by atoms with Gasteiger partial charge in [-0.05, 0) is 74.4 Å². The average Bonchev–Trinajstić information content (AvgIpc) is 3.49. The van der Waals surface area contributed by atoms with Crippen molar-refractivity contribution >= 4 is 28.5 Å². The first-order chi connectivity index (χ1) is 26.4. The third-order valence-electron chi connectivity index (χ3n) is 10.2. The van der Waals surface area contributed by atoms with E-state index >= 15 is 4.39 Å². The molecule has 4 heterocycles. The normalized spacial score (nSPS) is 17.5. The molecule has 286 valence electrons. The lowest BCUT2D eigenvalue weighted by Crippen LogP contribution is -2.50. The highest BCUT2D eigenvalue weighted by Crippen LogP contribution is 2.38. The van der Waals surface area contributed by atoms with Gasteiger partial charge in [-0.1, -0.05) is 73.7 Å². The minimum absolute atomic E-state index is 0.00416. The van der Waals surface area contributed by atoms with Gasteiger partial charge in [0, 0.05) is 56.2 Å². The van der Waals surface area contributed by atoms with Gasteiger partial charge in [0.25, 0.3) is 0 Å². The smallest absolute Gasteiger partial charge is 0.410 e. The standard InChI is InChI=1S/C44H48FN5O5/c1-29-26-50(43(52)55-44(2,3)4)23-20-33(29)42(51)49-21-18-32(19-22-49)35-25-38-36(24-37(35)45)40(47-48(38)5)34-16-17-39(53-27-30-12-8-6-9-13-30)46-41(34)54-28-31-14-10-7-11-15-31/h6-18,24-25,29,33H,19-23,26-28H2,1-5H3/t29-,33+/m0/s1. The van der Waals surface area contributed by atoms with E-state index in [1.807, 2.05) is 119 Å². The molecule has 0 unspecified atom stereocenters. The van der Waals surface area contributed by atoms with Gasteiger partial charge in [0.05, 0.1) is 11.1 Å². The van der Waals surface area contributed by atoms with E-state index in [1.165, 1.54) is 6.07 Å². The molecule has 2 aromatic heterocycles. The average molecular weight is 746 g/mol. The van der Waals surface area contributed by atoms with E-state index in [9.17, 15) is 9.59 Å². The zero-order valence-corrected chi connectivity index (χ0v) is 32.1. The molecule has 2 aliphatic heterocycles. The van der Waals surface area contributed by atoms with Crippen molar-refractivity contribution in [2.75, 3.05) is 26.2 Å². The predicted octanol–water partition coefficient (Wildman–Crippen LogP) is 8.44. The van der Waals surface area contributed by atoms with Crippen molar-refractivity contribution in [3.8, 4) is 23.0 Å². The van der Waals surface area contributed by atoms with E-state index in [-0.39, 0.29) is 36.3 Å². The number of aryl methyl sites for hydroxylation is 1. The SMILES string of the molecule is C[C@H]1CN(C(=O)OC(C)(C)C)CC[C@H]1C(=O)N1CC=C(c2cc3c(cc2F)c(-c2ccc(OCc4ccccc4)nc2OCc2ccccc2)nn3C)CC1. The second kappa shape index (κ2) is 15.9. The second-order valence-corrected chi connectivity index (χ2v) is 15.4. The van der Waals surface area contributed by atoms with Crippen LogP contribution in [0.15, 0.2) is 91.0 Å². The molecule has 1 fully saturated rings. The lowest BCUT2D eigenvalue weighted by atomic mass is 9.85. The van der Waals surface area contributed by atoms with Crippen molar-refractivity contribution in [3.05, 3.63) is 114 Å². The Morgan fingerprint density at radius 3 is 2.20 bits per heavy atom. The molecule has 1 saturated heterocycles. The Morgan fingerprint density at radius 2 is 1.56 bits per heavy atom. The van der Waals surface area contributed by atoms with Crippen molar-refractivity contribution < 1.29 is 28.2 Å². The molecule has 5 aromatic rings. The molecular formula is C44H48FN5O5. The van der Waals surface area contributed by atoms with Crippen molar-refractivity contribution in [3.63, 3.8) is 0 Å². The van der Waals surface area contributed by atoms with E-state index in [4.69, 9.17) is 24.3 Å². The van der Waals surface area contributed by atoms with Gasteiger partial charge in [-0.15, -0.1) is 0 Å². The number of aromatic nitrogens is 3. The summed E-state index contributed by atoms with van der Waals surface area (Å²) in [6.45, 7) is 10.0. The van der Waals surface area contributed by atoms with Crippen molar-refractivity contribution in [2.45, 2.75) is 59.4 Å². The highest BCUT2D eigenvalue weighted by molar-refractivity contribution is 5.96. The van der Waals surface area contributed by atoms with E-state index < -0.39 is 5.60 Å². The number of carbonyl (C=O) groups is 2. The van der Waals surface area contributed by atoms with Crippen LogP contribution in [0.5, 0.6) is 11.8 Å². The number of fused-ring (bicyclic) bond motifs is 1. The Kier molecular flexibility index (Phi) is 10.9. The van der Waals surface area contributed by atoms with Crippen LogP contribution in [0.4, 0.5) is 9.18 Å². The number of carbonyl (C=O) groups excluding carboxylic acids is 2. The van der Waals surface area contributed by atoms with E-state index in [0.717, 1.165) is 22.2 Å². The molecule has 0 aliphatic carbocycles. The van der Waals surface area contributed by atoms with Crippen LogP contribution < -0.4 is 9.47 Å². The van der Waals surface area contributed by atoms with Gasteiger partial charge in [0.15, 0.2) is 0 Å². The number of halogens is 1. The van der Waals surface area contributed by atoms with Gasteiger partial charge in [0.2, 0.25) is 17.7 Å². The van der Waals surface area contributed by atoms with E-state index in [1.54, 1.807) is 15.6 Å². The molecule has 0 spiro atoms. The largest absolute Gasteiger partial charge is 0.473 e. The maximum Gasteiger partial charge on any atom is 0.410 e. The Bertz CT molecular complexity index is 2200. The van der Waals surface area contributed by atoms with E-state index in [0.29, 0.717) is 79.6 Å². The lowest BCUT2D eigenvalue weighted by Gasteiger charge is -2.39. The zero-order chi connectivity index (χ0) is 38.7. The zero-order valence-electron chi connectivity index (χ0n) is 32.1. The minimum Gasteiger partial charge on any atom is -0.473 e. The summed E-state index contributed by atoms with van der Waals surface area (Å²) in [5.41, 5.74) is 4.71. The molecule has 0 saturated carbocycles. The Morgan fingerprint density at radius 1 is 0.873 bits per heavy atom. The highest BCUT2D eigenvalue weighted by Gasteiger charge is 2.37. The second-order valence-electron chi connectivity index (χ2n) is 15.4. The van der Waals surface area contributed by atoms with Crippen molar-refractivity contribution in [1.82, 2.24) is 24.6 Å². The summed E-state index contributed by atoms with van der Waals surface area (Å²) in [6, 6.07) is 26.7. The summed E-state index contributed by atoms with van der Waals surface area (Å²) in [4.78, 5) is 34.6. The van der Waals surface area contributed by atoms with Crippen LogP contribution in [0.3, 0.4) is 0 Å². The molecule has 10 nitrogen and oxygen atoms in total. The maximum atomic E-state index is 16.1. The number of piperidine rings is 1.